The van der Waals surface area contributed by atoms with Crippen molar-refractivity contribution in [1.29, 1.82) is 0 Å². The van der Waals surface area contributed by atoms with Crippen molar-refractivity contribution < 1.29 is 4.79 Å². The van der Waals surface area contributed by atoms with Crippen LogP contribution in [0.3, 0.4) is 0 Å². The first-order chi connectivity index (χ1) is 7.51. The molecular formula is C13H26N2O. The van der Waals surface area contributed by atoms with Gasteiger partial charge in [-0.15, -0.1) is 0 Å². The predicted molar refractivity (Wildman–Crippen MR) is 67.0 cm³/mol. The van der Waals surface area contributed by atoms with Crippen LogP contribution in [0.15, 0.2) is 0 Å². The van der Waals surface area contributed by atoms with E-state index in [0.717, 1.165) is 19.4 Å². The van der Waals surface area contributed by atoms with Crippen LogP contribution in [-0.4, -0.2) is 29.6 Å². The molecule has 1 amide bonds. The SMILES string of the molecule is CCC(C)C1NC(CC(C)C)N(CC)C1=O. The summed E-state index contributed by atoms with van der Waals surface area (Å²) in [5.74, 6) is 1.34. The van der Waals surface area contributed by atoms with Crippen LogP contribution in [0.2, 0.25) is 0 Å². The summed E-state index contributed by atoms with van der Waals surface area (Å²) in [4.78, 5) is 14.2. The summed E-state index contributed by atoms with van der Waals surface area (Å²) in [5.41, 5.74) is 0. The first-order valence-corrected chi connectivity index (χ1v) is 6.57. The van der Waals surface area contributed by atoms with Crippen LogP contribution in [0, 0.1) is 11.8 Å². The van der Waals surface area contributed by atoms with Gasteiger partial charge in [-0.1, -0.05) is 34.1 Å². The summed E-state index contributed by atoms with van der Waals surface area (Å²) >= 11 is 0. The zero-order chi connectivity index (χ0) is 12.3. The van der Waals surface area contributed by atoms with Crippen molar-refractivity contribution in [2.75, 3.05) is 6.54 Å². The Kier molecular flexibility index (Phi) is 4.78. The third-order valence-corrected chi connectivity index (χ3v) is 3.55. The van der Waals surface area contributed by atoms with Crippen molar-refractivity contribution in [3.63, 3.8) is 0 Å². The molecule has 1 saturated heterocycles. The third kappa shape index (κ3) is 2.76. The van der Waals surface area contributed by atoms with Gasteiger partial charge in [-0.3, -0.25) is 10.1 Å². The molecule has 3 heteroatoms. The first-order valence-electron chi connectivity index (χ1n) is 6.57. The zero-order valence-corrected chi connectivity index (χ0v) is 11.3. The molecule has 0 bridgehead atoms. The van der Waals surface area contributed by atoms with E-state index in [4.69, 9.17) is 0 Å². The van der Waals surface area contributed by atoms with Crippen LogP contribution in [0.25, 0.3) is 0 Å². The van der Waals surface area contributed by atoms with E-state index in [-0.39, 0.29) is 12.2 Å². The van der Waals surface area contributed by atoms with Gasteiger partial charge in [0.05, 0.1) is 12.2 Å². The summed E-state index contributed by atoms with van der Waals surface area (Å²) in [7, 11) is 0. The summed E-state index contributed by atoms with van der Waals surface area (Å²) in [5, 5.41) is 3.50. The molecule has 1 aliphatic rings. The molecular weight excluding hydrogens is 200 g/mol. The van der Waals surface area contributed by atoms with E-state index in [1.54, 1.807) is 0 Å². The molecule has 1 N–H and O–H groups in total. The maximum atomic E-state index is 12.2. The highest BCUT2D eigenvalue weighted by molar-refractivity contribution is 5.84. The first kappa shape index (κ1) is 13.5. The highest BCUT2D eigenvalue weighted by atomic mass is 16.2. The average Bonchev–Trinajstić information content (AvgIpc) is 2.53. The molecule has 0 radical (unpaired) electrons. The number of hydrogen-bond donors (Lipinski definition) is 1. The molecule has 0 aromatic rings. The molecule has 16 heavy (non-hydrogen) atoms. The van der Waals surface area contributed by atoms with Gasteiger partial charge in [0.15, 0.2) is 0 Å². The minimum Gasteiger partial charge on any atom is -0.326 e. The van der Waals surface area contributed by atoms with Crippen molar-refractivity contribution in [1.82, 2.24) is 10.2 Å². The lowest BCUT2D eigenvalue weighted by Gasteiger charge is -2.23. The van der Waals surface area contributed by atoms with Gasteiger partial charge in [0, 0.05) is 6.54 Å². The van der Waals surface area contributed by atoms with E-state index >= 15 is 0 Å². The molecule has 3 nitrogen and oxygen atoms in total. The Balaban J connectivity index is 2.71. The summed E-state index contributed by atoms with van der Waals surface area (Å²) in [6, 6.07) is 0.0358. The lowest BCUT2D eigenvalue weighted by atomic mass is 9.99. The van der Waals surface area contributed by atoms with Crippen LogP contribution >= 0.6 is 0 Å². The van der Waals surface area contributed by atoms with Gasteiger partial charge < -0.3 is 4.90 Å². The second kappa shape index (κ2) is 5.67. The van der Waals surface area contributed by atoms with Gasteiger partial charge in [-0.05, 0) is 25.2 Å². The number of hydrogen-bond acceptors (Lipinski definition) is 2. The number of likely N-dealkylation sites (N-methyl/N-ethyl adjacent to an activating group) is 1. The lowest BCUT2D eigenvalue weighted by molar-refractivity contribution is -0.130. The molecule has 1 fully saturated rings. The Morgan fingerprint density at radius 1 is 1.31 bits per heavy atom. The Hall–Kier alpha value is -0.570. The Labute approximate surface area is 99.6 Å². The normalized spacial score (nSPS) is 27.9. The number of carbonyl (C=O) groups is 1. The van der Waals surface area contributed by atoms with Crippen LogP contribution in [0.5, 0.6) is 0 Å². The van der Waals surface area contributed by atoms with Crippen molar-refractivity contribution in [2.24, 2.45) is 11.8 Å². The van der Waals surface area contributed by atoms with Crippen molar-refractivity contribution in [3.05, 3.63) is 0 Å². The van der Waals surface area contributed by atoms with Crippen LogP contribution in [0.1, 0.15) is 47.5 Å². The van der Waals surface area contributed by atoms with Crippen LogP contribution < -0.4 is 5.32 Å². The molecule has 3 unspecified atom stereocenters. The summed E-state index contributed by atoms with van der Waals surface area (Å²) in [6.07, 6.45) is 2.35. The molecule has 94 valence electrons. The number of nitrogens with one attached hydrogen (secondary N) is 1. The molecule has 0 spiro atoms. The van der Waals surface area contributed by atoms with Crippen molar-refractivity contribution >= 4 is 5.91 Å². The molecule has 0 aliphatic carbocycles. The molecule has 1 aliphatic heterocycles. The minimum atomic E-state index is 0.0358. The Bertz CT molecular complexity index is 240. The second-order valence-corrected chi connectivity index (χ2v) is 5.30. The van der Waals surface area contributed by atoms with E-state index in [2.05, 4.69) is 39.9 Å². The fourth-order valence-electron chi connectivity index (χ4n) is 2.36. The summed E-state index contributed by atoms with van der Waals surface area (Å²) in [6.45, 7) is 11.6. The maximum absolute atomic E-state index is 12.2. The number of carbonyl (C=O) groups excluding carboxylic acids is 1. The van der Waals surface area contributed by atoms with Gasteiger partial charge in [0.1, 0.15) is 0 Å². The topological polar surface area (TPSA) is 32.3 Å². The molecule has 1 rings (SSSR count). The van der Waals surface area contributed by atoms with E-state index in [0.29, 0.717) is 17.7 Å². The Morgan fingerprint density at radius 2 is 1.94 bits per heavy atom. The quantitative estimate of drug-likeness (QED) is 0.779. The Morgan fingerprint density at radius 3 is 2.38 bits per heavy atom. The van der Waals surface area contributed by atoms with E-state index < -0.39 is 0 Å². The number of nitrogens with zero attached hydrogens (tertiary/aromatic N) is 1. The van der Waals surface area contributed by atoms with Crippen LogP contribution in [-0.2, 0) is 4.79 Å². The van der Waals surface area contributed by atoms with Crippen molar-refractivity contribution in [2.45, 2.75) is 59.7 Å². The van der Waals surface area contributed by atoms with Gasteiger partial charge in [0.2, 0.25) is 5.91 Å². The van der Waals surface area contributed by atoms with Gasteiger partial charge >= 0.3 is 0 Å². The molecule has 0 saturated carbocycles. The molecule has 0 aromatic heterocycles. The maximum Gasteiger partial charge on any atom is 0.241 e. The van der Waals surface area contributed by atoms with Crippen LogP contribution in [0.4, 0.5) is 0 Å². The van der Waals surface area contributed by atoms with E-state index in [1.807, 2.05) is 4.90 Å². The monoisotopic (exact) mass is 226 g/mol. The minimum absolute atomic E-state index is 0.0358. The fourth-order valence-corrected chi connectivity index (χ4v) is 2.36. The zero-order valence-electron chi connectivity index (χ0n) is 11.3. The third-order valence-electron chi connectivity index (χ3n) is 3.55. The van der Waals surface area contributed by atoms with E-state index in [9.17, 15) is 4.79 Å². The standard InChI is InChI=1S/C13H26N2O/c1-6-10(5)12-13(16)15(7-2)11(14-12)8-9(3)4/h9-12,14H,6-8H2,1-5H3. The number of rotatable bonds is 5. The van der Waals surface area contributed by atoms with Gasteiger partial charge in [0.25, 0.3) is 0 Å². The second-order valence-electron chi connectivity index (χ2n) is 5.30. The van der Waals surface area contributed by atoms with Gasteiger partial charge in [-0.2, -0.15) is 0 Å². The van der Waals surface area contributed by atoms with Crippen molar-refractivity contribution in [3.8, 4) is 0 Å². The van der Waals surface area contributed by atoms with E-state index in [1.165, 1.54) is 0 Å². The largest absolute Gasteiger partial charge is 0.326 e. The van der Waals surface area contributed by atoms with Gasteiger partial charge in [-0.25, -0.2) is 0 Å². The smallest absolute Gasteiger partial charge is 0.241 e. The summed E-state index contributed by atoms with van der Waals surface area (Å²) < 4.78 is 0. The molecule has 3 atom stereocenters. The number of amides is 1. The highest BCUT2D eigenvalue weighted by Gasteiger charge is 2.39. The highest BCUT2D eigenvalue weighted by Crippen LogP contribution is 2.22. The average molecular weight is 226 g/mol. The predicted octanol–water partition coefficient (Wildman–Crippen LogP) is 2.22. The lowest BCUT2D eigenvalue weighted by Crippen LogP contribution is -2.38. The molecule has 0 aromatic carbocycles. The fraction of sp³-hybridized carbons (Fsp3) is 0.923. The molecule has 1 heterocycles.